The Hall–Kier alpha value is -2.44. The van der Waals surface area contributed by atoms with Crippen LogP contribution in [0.25, 0.3) is 11.1 Å². The van der Waals surface area contributed by atoms with Crippen LogP contribution in [-0.2, 0) is 4.79 Å². The van der Waals surface area contributed by atoms with Crippen molar-refractivity contribution in [1.29, 1.82) is 0 Å². The molecule has 122 valence electrons. The van der Waals surface area contributed by atoms with Gasteiger partial charge in [0.15, 0.2) is 0 Å². The zero-order chi connectivity index (χ0) is 16.6. The molecule has 2 aromatic heterocycles. The molecule has 0 atom stereocenters. The Labute approximate surface area is 133 Å². The van der Waals surface area contributed by atoms with Gasteiger partial charge in [-0.15, -0.1) is 0 Å². The van der Waals surface area contributed by atoms with Crippen molar-refractivity contribution in [2.75, 3.05) is 13.1 Å². The van der Waals surface area contributed by atoms with Crippen molar-refractivity contribution in [3.05, 3.63) is 23.5 Å². The molecule has 23 heavy (non-hydrogen) atoms. The topological polar surface area (TPSA) is 96.5 Å². The van der Waals surface area contributed by atoms with Gasteiger partial charge in [-0.3, -0.25) is 9.59 Å². The third-order valence-electron chi connectivity index (χ3n) is 4.28. The number of likely N-dealkylation sites (tertiary alicyclic amines) is 1. The molecule has 1 aliphatic heterocycles. The average molecular weight is 317 g/mol. The minimum atomic E-state index is -0.786. The van der Waals surface area contributed by atoms with E-state index in [9.17, 15) is 9.59 Å². The first-order chi connectivity index (χ1) is 11.0. The summed E-state index contributed by atoms with van der Waals surface area (Å²) in [6.07, 6.45) is 2.46. The van der Waals surface area contributed by atoms with Crippen LogP contribution in [0.4, 0.5) is 0 Å². The van der Waals surface area contributed by atoms with Crippen LogP contribution in [0.5, 0.6) is 0 Å². The third-order valence-corrected chi connectivity index (χ3v) is 4.28. The van der Waals surface area contributed by atoms with Crippen molar-refractivity contribution in [2.24, 2.45) is 5.92 Å². The van der Waals surface area contributed by atoms with Crippen molar-refractivity contribution < 1.29 is 19.2 Å². The molecule has 1 amide bonds. The number of aliphatic carboxylic acids is 1. The molecule has 2 aromatic rings. The fourth-order valence-electron chi connectivity index (χ4n) is 2.90. The second kappa shape index (κ2) is 5.98. The lowest BCUT2D eigenvalue weighted by Gasteiger charge is -2.30. The molecule has 1 aliphatic rings. The number of aromatic nitrogens is 2. The van der Waals surface area contributed by atoms with Crippen molar-refractivity contribution >= 4 is 23.0 Å². The summed E-state index contributed by atoms with van der Waals surface area (Å²) < 4.78 is 5.18. The molecule has 0 radical (unpaired) electrons. The van der Waals surface area contributed by atoms with Crippen molar-refractivity contribution in [2.45, 2.75) is 32.6 Å². The summed E-state index contributed by atoms with van der Waals surface area (Å²) in [5.41, 5.74) is 1.69. The number of rotatable bonds is 3. The maximum atomic E-state index is 12.6. The fraction of sp³-hybridized carbons (Fsp3) is 0.500. The Morgan fingerprint density at radius 1 is 1.35 bits per heavy atom. The van der Waals surface area contributed by atoms with E-state index in [4.69, 9.17) is 9.63 Å². The van der Waals surface area contributed by atoms with Crippen LogP contribution in [0.2, 0.25) is 0 Å². The Kier molecular flexibility index (Phi) is 4.02. The fourth-order valence-corrected chi connectivity index (χ4v) is 2.90. The van der Waals surface area contributed by atoms with E-state index in [1.165, 1.54) is 6.20 Å². The number of carbonyl (C=O) groups excluding carboxylic acids is 1. The third kappa shape index (κ3) is 2.91. The average Bonchev–Trinajstić information content (AvgIpc) is 2.97. The van der Waals surface area contributed by atoms with E-state index in [1.807, 2.05) is 13.8 Å². The van der Waals surface area contributed by atoms with Gasteiger partial charge in [-0.2, -0.15) is 0 Å². The van der Waals surface area contributed by atoms with Crippen LogP contribution in [0, 0.1) is 5.92 Å². The molecule has 3 rings (SSSR count). The van der Waals surface area contributed by atoms with E-state index in [0.29, 0.717) is 37.2 Å². The number of hydrogen-bond donors (Lipinski definition) is 1. The first-order valence-corrected chi connectivity index (χ1v) is 7.74. The number of carboxylic acids is 1. The number of piperidine rings is 1. The summed E-state index contributed by atoms with van der Waals surface area (Å²) in [5.74, 6) is -1.09. The van der Waals surface area contributed by atoms with Crippen LogP contribution in [0.1, 0.15) is 48.7 Å². The second-order valence-electron chi connectivity index (χ2n) is 6.20. The van der Waals surface area contributed by atoms with Crippen molar-refractivity contribution in [3.8, 4) is 0 Å². The highest BCUT2D eigenvalue weighted by molar-refractivity contribution is 5.97. The molecule has 1 N–H and O–H groups in total. The molecule has 0 bridgehead atoms. The Balaban J connectivity index is 1.81. The maximum Gasteiger partial charge on any atom is 0.306 e. The van der Waals surface area contributed by atoms with E-state index in [2.05, 4.69) is 10.1 Å². The summed E-state index contributed by atoms with van der Waals surface area (Å²) in [6.45, 7) is 4.91. The molecule has 1 fully saturated rings. The summed E-state index contributed by atoms with van der Waals surface area (Å²) in [6, 6.07) is 1.76. The molecule has 0 spiro atoms. The summed E-state index contributed by atoms with van der Waals surface area (Å²) >= 11 is 0. The molecule has 0 unspecified atom stereocenters. The number of pyridine rings is 1. The van der Waals surface area contributed by atoms with E-state index in [0.717, 1.165) is 11.1 Å². The zero-order valence-electron chi connectivity index (χ0n) is 13.2. The molecule has 0 saturated carbocycles. The van der Waals surface area contributed by atoms with Crippen LogP contribution in [0.3, 0.4) is 0 Å². The van der Waals surface area contributed by atoms with Gasteiger partial charge in [0, 0.05) is 19.3 Å². The van der Waals surface area contributed by atoms with Gasteiger partial charge in [-0.1, -0.05) is 19.0 Å². The molecule has 7 nitrogen and oxygen atoms in total. The molecule has 7 heteroatoms. The summed E-state index contributed by atoms with van der Waals surface area (Å²) in [4.78, 5) is 29.5. The minimum Gasteiger partial charge on any atom is -0.481 e. The second-order valence-corrected chi connectivity index (χ2v) is 6.20. The quantitative estimate of drug-likeness (QED) is 0.933. The molecule has 3 heterocycles. The highest BCUT2D eigenvalue weighted by Gasteiger charge is 2.28. The lowest BCUT2D eigenvalue weighted by atomic mass is 9.96. The molecular formula is C16H19N3O4. The smallest absolute Gasteiger partial charge is 0.306 e. The Bertz CT molecular complexity index is 745. The Morgan fingerprint density at radius 3 is 2.65 bits per heavy atom. The lowest BCUT2D eigenvalue weighted by molar-refractivity contribution is -0.143. The zero-order valence-corrected chi connectivity index (χ0v) is 13.2. The van der Waals surface area contributed by atoms with Gasteiger partial charge in [0.1, 0.15) is 0 Å². The summed E-state index contributed by atoms with van der Waals surface area (Å²) in [5, 5.41) is 13.8. The number of nitrogens with zero attached hydrogens (tertiary/aromatic N) is 3. The van der Waals surface area contributed by atoms with Crippen LogP contribution < -0.4 is 0 Å². The van der Waals surface area contributed by atoms with Gasteiger partial charge in [0.25, 0.3) is 11.6 Å². The predicted molar refractivity (Wildman–Crippen MR) is 82.2 cm³/mol. The molecule has 0 aromatic carbocycles. The normalized spacial score (nSPS) is 16.2. The van der Waals surface area contributed by atoms with Gasteiger partial charge in [-0.05, 0) is 24.8 Å². The van der Waals surface area contributed by atoms with Gasteiger partial charge in [0.05, 0.1) is 22.6 Å². The predicted octanol–water partition coefficient (Wildman–Crippen LogP) is 2.28. The highest BCUT2D eigenvalue weighted by Crippen LogP contribution is 2.25. The van der Waals surface area contributed by atoms with Crippen LogP contribution in [0.15, 0.2) is 16.8 Å². The summed E-state index contributed by atoms with van der Waals surface area (Å²) in [7, 11) is 0. The van der Waals surface area contributed by atoms with Gasteiger partial charge in [-0.25, -0.2) is 4.98 Å². The monoisotopic (exact) mass is 317 g/mol. The number of amides is 1. The largest absolute Gasteiger partial charge is 0.481 e. The van der Waals surface area contributed by atoms with Gasteiger partial charge < -0.3 is 14.5 Å². The number of carbonyl (C=O) groups is 2. The number of fused-ring (bicyclic) bond motifs is 1. The number of hydrogen-bond acceptors (Lipinski definition) is 5. The first kappa shape index (κ1) is 15.5. The van der Waals surface area contributed by atoms with Crippen LogP contribution >= 0.6 is 0 Å². The number of carboxylic acid groups (broad SMARTS) is 1. The minimum absolute atomic E-state index is 0.126. The van der Waals surface area contributed by atoms with Crippen molar-refractivity contribution in [3.63, 3.8) is 0 Å². The highest BCUT2D eigenvalue weighted by atomic mass is 16.5. The lowest BCUT2D eigenvalue weighted by Crippen LogP contribution is -2.40. The van der Waals surface area contributed by atoms with E-state index in [-0.39, 0.29) is 17.7 Å². The van der Waals surface area contributed by atoms with Gasteiger partial charge in [0.2, 0.25) is 0 Å². The standard InChI is InChI=1S/C16H19N3O4/c1-9(2)13-12-7-11(8-17-14(12)23-18-13)15(20)19-5-3-10(4-6-19)16(21)22/h7-10H,3-6H2,1-2H3,(H,21,22). The maximum absolute atomic E-state index is 12.6. The van der Waals surface area contributed by atoms with Gasteiger partial charge >= 0.3 is 5.97 Å². The van der Waals surface area contributed by atoms with E-state index >= 15 is 0 Å². The molecule has 1 saturated heterocycles. The Morgan fingerprint density at radius 2 is 2.04 bits per heavy atom. The van der Waals surface area contributed by atoms with E-state index < -0.39 is 5.97 Å². The van der Waals surface area contributed by atoms with Crippen molar-refractivity contribution in [1.82, 2.24) is 15.0 Å². The van der Waals surface area contributed by atoms with Crippen LogP contribution in [-0.4, -0.2) is 45.1 Å². The van der Waals surface area contributed by atoms with E-state index in [1.54, 1.807) is 11.0 Å². The molecular weight excluding hydrogens is 298 g/mol. The first-order valence-electron chi connectivity index (χ1n) is 7.74. The molecule has 0 aliphatic carbocycles. The SMILES string of the molecule is CC(C)c1noc2ncc(C(=O)N3CCC(C(=O)O)CC3)cc12.